The van der Waals surface area contributed by atoms with Gasteiger partial charge >= 0.3 is 0 Å². The highest BCUT2D eigenvalue weighted by Gasteiger charge is 2.31. The fraction of sp³-hybridized carbons (Fsp3) is 0.621. The van der Waals surface area contributed by atoms with Gasteiger partial charge in [0.1, 0.15) is 5.65 Å². The second-order valence-electron chi connectivity index (χ2n) is 12.0. The highest BCUT2D eigenvalue weighted by Crippen LogP contribution is 2.36. The predicted molar refractivity (Wildman–Crippen MR) is 148 cm³/mol. The molecule has 0 atom stereocenters. The first kappa shape index (κ1) is 24.8. The summed E-state index contributed by atoms with van der Waals surface area (Å²) in [4.78, 5) is 28.5. The Morgan fingerprint density at radius 2 is 1.81 bits per heavy atom. The van der Waals surface area contributed by atoms with Crippen LogP contribution in [0.25, 0.3) is 21.8 Å². The Balaban J connectivity index is 1.39. The molecule has 2 aromatic heterocycles. The number of piperazine rings is 1. The standard InChI is InChI=1S/C29H40N6O2/c1-29(37)10-7-22(8-11-29)35-26-25(18-31-28(32-26)30-12-9-20-3-4-20)23-6-5-21(17-24(23)27(35)36)19-34-15-13-33(2)14-16-34/h5-6,17-18,20,22,37H,3-4,7-16,19H2,1-2H3,(H,30,31,32)/t22-,29-. The summed E-state index contributed by atoms with van der Waals surface area (Å²) in [5.41, 5.74) is 1.25. The van der Waals surface area contributed by atoms with Crippen LogP contribution in [0.2, 0.25) is 0 Å². The third-order valence-corrected chi connectivity index (χ3v) is 8.75. The third kappa shape index (κ3) is 5.38. The van der Waals surface area contributed by atoms with E-state index >= 15 is 0 Å². The van der Waals surface area contributed by atoms with Gasteiger partial charge in [-0.15, -0.1) is 0 Å². The van der Waals surface area contributed by atoms with Crippen LogP contribution in [0.5, 0.6) is 0 Å². The Hall–Kier alpha value is -2.55. The molecule has 1 saturated heterocycles. The van der Waals surface area contributed by atoms with Crippen molar-refractivity contribution in [3.63, 3.8) is 0 Å². The van der Waals surface area contributed by atoms with Gasteiger partial charge in [0, 0.05) is 62.3 Å². The van der Waals surface area contributed by atoms with Crippen LogP contribution >= 0.6 is 0 Å². The average molecular weight is 505 g/mol. The van der Waals surface area contributed by atoms with E-state index in [2.05, 4.69) is 45.3 Å². The number of likely N-dealkylation sites (N-methyl/N-ethyl adjacent to an activating group) is 1. The van der Waals surface area contributed by atoms with Crippen LogP contribution in [0.15, 0.2) is 29.2 Å². The molecule has 1 aromatic carbocycles. The van der Waals surface area contributed by atoms with Crippen molar-refractivity contribution >= 4 is 27.8 Å². The normalized spacial score (nSPS) is 25.6. The number of pyridine rings is 1. The summed E-state index contributed by atoms with van der Waals surface area (Å²) < 4.78 is 1.92. The minimum atomic E-state index is -0.660. The van der Waals surface area contributed by atoms with Crippen LogP contribution in [0, 0.1) is 5.92 Å². The summed E-state index contributed by atoms with van der Waals surface area (Å²) in [6.45, 7) is 7.85. The summed E-state index contributed by atoms with van der Waals surface area (Å²) in [5, 5.41) is 16.5. The Kier molecular flexibility index (Phi) is 6.67. The van der Waals surface area contributed by atoms with Gasteiger partial charge in [0.05, 0.1) is 5.60 Å². The molecule has 37 heavy (non-hydrogen) atoms. The number of benzene rings is 1. The topological polar surface area (TPSA) is 86.5 Å². The zero-order valence-electron chi connectivity index (χ0n) is 22.2. The summed E-state index contributed by atoms with van der Waals surface area (Å²) >= 11 is 0. The van der Waals surface area contributed by atoms with Gasteiger partial charge in [-0.2, -0.15) is 4.98 Å². The molecule has 1 aliphatic heterocycles. The number of nitrogens with zero attached hydrogens (tertiary/aromatic N) is 5. The van der Waals surface area contributed by atoms with E-state index in [1.54, 1.807) is 0 Å². The number of rotatable bonds is 7. The Morgan fingerprint density at radius 3 is 2.54 bits per heavy atom. The lowest BCUT2D eigenvalue weighted by Crippen LogP contribution is -2.43. The lowest BCUT2D eigenvalue weighted by molar-refractivity contribution is 0.0100. The molecule has 0 radical (unpaired) electrons. The molecular weight excluding hydrogens is 464 g/mol. The molecule has 3 heterocycles. The molecule has 3 aliphatic rings. The van der Waals surface area contributed by atoms with Crippen molar-refractivity contribution in [2.75, 3.05) is 45.1 Å². The van der Waals surface area contributed by atoms with E-state index in [9.17, 15) is 9.90 Å². The highest BCUT2D eigenvalue weighted by atomic mass is 16.3. The Labute approximate surface area is 218 Å². The first-order chi connectivity index (χ1) is 17.9. The van der Waals surface area contributed by atoms with Gasteiger partial charge < -0.3 is 15.3 Å². The van der Waals surface area contributed by atoms with Gasteiger partial charge in [-0.05, 0) is 69.0 Å². The molecule has 2 N–H and O–H groups in total. The van der Waals surface area contributed by atoms with Gasteiger partial charge in [-0.3, -0.25) is 14.3 Å². The minimum absolute atomic E-state index is 0.0233. The average Bonchev–Trinajstić information content (AvgIpc) is 3.71. The summed E-state index contributed by atoms with van der Waals surface area (Å²) in [6, 6.07) is 6.36. The van der Waals surface area contributed by atoms with Crippen molar-refractivity contribution in [3.05, 3.63) is 40.3 Å². The van der Waals surface area contributed by atoms with Crippen LogP contribution in [0.3, 0.4) is 0 Å². The van der Waals surface area contributed by atoms with E-state index in [0.717, 1.165) is 80.6 Å². The largest absolute Gasteiger partial charge is 0.390 e. The van der Waals surface area contributed by atoms with Gasteiger partial charge in [0.25, 0.3) is 5.56 Å². The van der Waals surface area contributed by atoms with Crippen molar-refractivity contribution in [1.82, 2.24) is 24.3 Å². The van der Waals surface area contributed by atoms with E-state index in [1.165, 1.54) is 18.4 Å². The molecule has 3 aromatic rings. The van der Waals surface area contributed by atoms with Crippen molar-refractivity contribution < 1.29 is 5.11 Å². The van der Waals surface area contributed by atoms with Gasteiger partial charge in [-0.1, -0.05) is 25.0 Å². The first-order valence-electron chi connectivity index (χ1n) is 14.1. The van der Waals surface area contributed by atoms with Crippen LogP contribution in [-0.2, 0) is 6.54 Å². The van der Waals surface area contributed by atoms with Gasteiger partial charge in [0.15, 0.2) is 0 Å². The summed E-state index contributed by atoms with van der Waals surface area (Å²) in [6.07, 6.45) is 8.59. The van der Waals surface area contributed by atoms with Crippen molar-refractivity contribution in [3.8, 4) is 0 Å². The lowest BCUT2D eigenvalue weighted by Gasteiger charge is -2.34. The Bertz CT molecular complexity index is 1330. The molecule has 0 amide bonds. The minimum Gasteiger partial charge on any atom is -0.390 e. The van der Waals surface area contributed by atoms with Gasteiger partial charge in [0.2, 0.25) is 5.95 Å². The van der Waals surface area contributed by atoms with E-state index < -0.39 is 5.60 Å². The fourth-order valence-corrected chi connectivity index (χ4v) is 6.04. The number of nitrogens with one attached hydrogen (secondary N) is 1. The number of hydrogen-bond donors (Lipinski definition) is 2. The third-order valence-electron chi connectivity index (χ3n) is 8.75. The molecule has 6 rings (SSSR count). The maximum Gasteiger partial charge on any atom is 0.260 e. The second kappa shape index (κ2) is 9.97. The second-order valence-corrected chi connectivity index (χ2v) is 12.0. The van der Waals surface area contributed by atoms with E-state index in [0.29, 0.717) is 24.4 Å². The molecule has 3 fully saturated rings. The fourth-order valence-electron chi connectivity index (χ4n) is 6.04. The molecule has 2 aliphatic carbocycles. The molecule has 0 bridgehead atoms. The van der Waals surface area contributed by atoms with E-state index in [-0.39, 0.29) is 11.6 Å². The number of aromatic nitrogens is 3. The molecule has 8 heteroatoms. The Morgan fingerprint density at radius 1 is 1.05 bits per heavy atom. The van der Waals surface area contributed by atoms with Crippen LogP contribution in [0.1, 0.15) is 63.5 Å². The monoisotopic (exact) mass is 504 g/mol. The zero-order chi connectivity index (χ0) is 25.6. The lowest BCUT2D eigenvalue weighted by atomic mass is 9.83. The highest BCUT2D eigenvalue weighted by molar-refractivity contribution is 6.04. The first-order valence-corrected chi connectivity index (χ1v) is 14.1. The molecule has 8 nitrogen and oxygen atoms in total. The quantitative estimate of drug-likeness (QED) is 0.474. The van der Waals surface area contributed by atoms with Crippen molar-refractivity contribution in [1.29, 1.82) is 0 Å². The molecule has 0 unspecified atom stereocenters. The predicted octanol–water partition coefficient (Wildman–Crippen LogP) is 3.77. The zero-order valence-corrected chi connectivity index (χ0v) is 22.2. The molecule has 198 valence electrons. The van der Waals surface area contributed by atoms with E-state index in [1.807, 2.05) is 17.7 Å². The maximum atomic E-state index is 14.1. The number of anilines is 1. The SMILES string of the molecule is CN1CCN(Cc2ccc3c(c2)c(=O)n([C@H]2CC[C@](C)(O)CC2)c2nc(NCCC4CC4)ncc32)CC1. The smallest absolute Gasteiger partial charge is 0.260 e. The maximum absolute atomic E-state index is 14.1. The van der Waals surface area contributed by atoms with Crippen molar-refractivity contribution in [2.24, 2.45) is 5.92 Å². The van der Waals surface area contributed by atoms with Gasteiger partial charge in [-0.25, -0.2) is 4.98 Å². The molecule has 0 spiro atoms. The van der Waals surface area contributed by atoms with Crippen LogP contribution < -0.4 is 10.9 Å². The summed E-state index contributed by atoms with van der Waals surface area (Å²) in [5.74, 6) is 1.43. The van der Waals surface area contributed by atoms with Crippen LogP contribution in [0.4, 0.5) is 5.95 Å². The number of aliphatic hydroxyl groups is 1. The van der Waals surface area contributed by atoms with Crippen molar-refractivity contribution in [2.45, 2.75) is 70.1 Å². The molecular formula is C29H40N6O2. The number of fused-ring (bicyclic) bond motifs is 3. The summed E-state index contributed by atoms with van der Waals surface area (Å²) in [7, 11) is 2.17. The van der Waals surface area contributed by atoms with E-state index in [4.69, 9.17) is 4.98 Å². The number of hydrogen-bond acceptors (Lipinski definition) is 7. The molecule has 2 saturated carbocycles. The van der Waals surface area contributed by atoms with Crippen LogP contribution in [-0.4, -0.2) is 74.8 Å².